The maximum atomic E-state index is 5.36. The van der Waals surface area contributed by atoms with Crippen LogP contribution in [-0.2, 0) is 13.6 Å². The molecule has 0 aliphatic rings. The number of hydrogen-bond acceptors (Lipinski definition) is 3. The van der Waals surface area contributed by atoms with E-state index in [0.717, 1.165) is 23.8 Å². The second-order valence-corrected chi connectivity index (χ2v) is 4.71. The van der Waals surface area contributed by atoms with Gasteiger partial charge in [0.25, 0.3) is 0 Å². The van der Waals surface area contributed by atoms with Crippen molar-refractivity contribution in [1.29, 1.82) is 0 Å². The van der Waals surface area contributed by atoms with Crippen LogP contribution in [0.2, 0.25) is 0 Å². The summed E-state index contributed by atoms with van der Waals surface area (Å²) in [5.41, 5.74) is 4.75. The number of aromatic nitrogens is 2. The maximum absolute atomic E-state index is 5.36. The van der Waals surface area contributed by atoms with E-state index in [-0.39, 0.29) is 0 Å². The van der Waals surface area contributed by atoms with E-state index >= 15 is 0 Å². The molecule has 102 valence electrons. The minimum absolute atomic E-state index is 0.769. The zero-order valence-electron chi connectivity index (χ0n) is 12.2. The predicted octanol–water partition coefficient (Wildman–Crippen LogP) is 2.43. The first-order valence-corrected chi connectivity index (χ1v) is 6.40. The molecule has 4 heteroatoms. The van der Waals surface area contributed by atoms with Gasteiger partial charge in [-0.25, -0.2) is 4.98 Å². The first kappa shape index (κ1) is 13.6. The Labute approximate surface area is 114 Å². The molecule has 0 fully saturated rings. The van der Waals surface area contributed by atoms with Crippen molar-refractivity contribution in [2.24, 2.45) is 7.05 Å². The lowest BCUT2D eigenvalue weighted by atomic mass is 10.0. The molecule has 4 nitrogen and oxygen atoms in total. The van der Waals surface area contributed by atoms with Crippen LogP contribution in [0.25, 0.3) is 11.3 Å². The molecular formula is C15H21N3O. The average Bonchev–Trinajstić information content (AvgIpc) is 2.75. The lowest BCUT2D eigenvalue weighted by Crippen LogP contribution is -2.10. The zero-order valence-corrected chi connectivity index (χ0v) is 12.2. The molecule has 0 bridgehead atoms. The fourth-order valence-electron chi connectivity index (χ4n) is 2.31. The Morgan fingerprint density at radius 1 is 1.26 bits per heavy atom. The summed E-state index contributed by atoms with van der Waals surface area (Å²) in [7, 11) is 5.68. The van der Waals surface area contributed by atoms with Gasteiger partial charge < -0.3 is 14.6 Å². The normalized spacial score (nSPS) is 10.8. The smallest absolute Gasteiger partial charge is 0.122 e. The summed E-state index contributed by atoms with van der Waals surface area (Å²) in [6, 6.07) is 4.11. The maximum Gasteiger partial charge on any atom is 0.122 e. The molecule has 0 aliphatic heterocycles. The van der Waals surface area contributed by atoms with Crippen LogP contribution in [0.1, 0.15) is 17.0 Å². The molecule has 1 N–H and O–H groups in total. The fraction of sp³-hybridized carbons (Fsp3) is 0.400. The van der Waals surface area contributed by atoms with Crippen molar-refractivity contribution in [3.63, 3.8) is 0 Å². The van der Waals surface area contributed by atoms with Crippen LogP contribution < -0.4 is 10.1 Å². The zero-order chi connectivity index (χ0) is 14.0. The molecular weight excluding hydrogens is 238 g/mol. The van der Waals surface area contributed by atoms with E-state index in [2.05, 4.69) is 34.8 Å². The monoisotopic (exact) mass is 259 g/mol. The second-order valence-electron chi connectivity index (χ2n) is 4.71. The van der Waals surface area contributed by atoms with Gasteiger partial charge in [0, 0.05) is 12.6 Å². The topological polar surface area (TPSA) is 39.1 Å². The van der Waals surface area contributed by atoms with E-state index < -0.39 is 0 Å². The van der Waals surface area contributed by atoms with Crippen molar-refractivity contribution >= 4 is 0 Å². The number of benzene rings is 1. The SMILES string of the molecule is CNCc1ncc(-c2ccc(OC)c(C)c2C)n1C. The minimum Gasteiger partial charge on any atom is -0.496 e. The molecule has 2 aromatic rings. The van der Waals surface area contributed by atoms with Crippen LogP contribution in [-0.4, -0.2) is 23.7 Å². The summed E-state index contributed by atoms with van der Waals surface area (Å²) in [6.45, 7) is 4.98. The van der Waals surface area contributed by atoms with Crippen LogP contribution in [0.15, 0.2) is 18.3 Å². The average molecular weight is 259 g/mol. The van der Waals surface area contributed by atoms with E-state index in [9.17, 15) is 0 Å². The lowest BCUT2D eigenvalue weighted by Gasteiger charge is -2.13. The Bertz CT molecular complexity index is 587. The van der Waals surface area contributed by atoms with Crippen molar-refractivity contribution in [2.45, 2.75) is 20.4 Å². The number of imidazole rings is 1. The summed E-state index contributed by atoms with van der Waals surface area (Å²) in [5.74, 6) is 1.96. The molecule has 1 aromatic carbocycles. The van der Waals surface area contributed by atoms with Crippen LogP contribution in [0, 0.1) is 13.8 Å². The van der Waals surface area contributed by atoms with Gasteiger partial charge in [0.1, 0.15) is 11.6 Å². The van der Waals surface area contributed by atoms with Gasteiger partial charge in [-0.15, -0.1) is 0 Å². The van der Waals surface area contributed by atoms with Gasteiger partial charge in [-0.3, -0.25) is 0 Å². The first-order valence-electron chi connectivity index (χ1n) is 6.40. The van der Waals surface area contributed by atoms with Gasteiger partial charge in [0.15, 0.2) is 0 Å². The van der Waals surface area contributed by atoms with Crippen molar-refractivity contribution < 1.29 is 4.74 Å². The Kier molecular flexibility index (Phi) is 3.90. The molecule has 0 saturated heterocycles. The number of ether oxygens (including phenoxy) is 1. The van der Waals surface area contributed by atoms with Crippen molar-refractivity contribution in [3.8, 4) is 17.0 Å². The molecule has 0 aliphatic carbocycles. The first-order chi connectivity index (χ1) is 9.10. The van der Waals surface area contributed by atoms with E-state index in [0.29, 0.717) is 0 Å². The Morgan fingerprint density at radius 3 is 2.63 bits per heavy atom. The summed E-state index contributed by atoms with van der Waals surface area (Å²) in [5, 5.41) is 3.13. The Hall–Kier alpha value is -1.81. The minimum atomic E-state index is 0.769. The predicted molar refractivity (Wildman–Crippen MR) is 77.4 cm³/mol. The molecule has 0 radical (unpaired) electrons. The number of hydrogen-bond donors (Lipinski definition) is 1. The standard InChI is InChI=1S/C15H21N3O/c1-10-11(2)14(19-5)7-6-12(10)13-8-17-15(9-16-3)18(13)4/h6-8,16H,9H2,1-5H3. The van der Waals surface area contributed by atoms with Gasteiger partial charge in [0.05, 0.1) is 25.5 Å². The van der Waals surface area contributed by atoms with Crippen molar-refractivity contribution in [1.82, 2.24) is 14.9 Å². The van der Waals surface area contributed by atoms with Crippen LogP contribution in [0.3, 0.4) is 0 Å². The highest BCUT2D eigenvalue weighted by Crippen LogP contribution is 2.31. The Morgan fingerprint density at radius 2 is 2.00 bits per heavy atom. The Balaban J connectivity index is 2.51. The fourth-order valence-corrected chi connectivity index (χ4v) is 2.31. The van der Waals surface area contributed by atoms with Gasteiger partial charge in [-0.2, -0.15) is 0 Å². The van der Waals surface area contributed by atoms with Crippen molar-refractivity contribution in [3.05, 3.63) is 35.3 Å². The third-order valence-electron chi connectivity index (χ3n) is 3.65. The molecule has 19 heavy (non-hydrogen) atoms. The molecule has 0 amide bonds. The number of nitrogens with zero attached hydrogens (tertiary/aromatic N) is 2. The highest BCUT2D eigenvalue weighted by Gasteiger charge is 2.13. The summed E-state index contributed by atoms with van der Waals surface area (Å²) < 4.78 is 7.49. The molecule has 0 unspecified atom stereocenters. The second kappa shape index (κ2) is 5.45. The van der Waals surface area contributed by atoms with Crippen LogP contribution in [0.4, 0.5) is 0 Å². The van der Waals surface area contributed by atoms with E-state index in [1.54, 1.807) is 7.11 Å². The van der Waals surface area contributed by atoms with E-state index in [1.807, 2.05) is 26.4 Å². The van der Waals surface area contributed by atoms with E-state index in [1.165, 1.54) is 16.7 Å². The summed E-state index contributed by atoms with van der Waals surface area (Å²) in [6.07, 6.45) is 1.93. The lowest BCUT2D eigenvalue weighted by molar-refractivity contribution is 0.411. The highest BCUT2D eigenvalue weighted by atomic mass is 16.5. The third-order valence-corrected chi connectivity index (χ3v) is 3.65. The molecule has 1 heterocycles. The molecule has 2 rings (SSSR count). The van der Waals surface area contributed by atoms with Crippen LogP contribution >= 0.6 is 0 Å². The van der Waals surface area contributed by atoms with Crippen LogP contribution in [0.5, 0.6) is 5.75 Å². The van der Waals surface area contributed by atoms with Crippen molar-refractivity contribution in [2.75, 3.05) is 14.2 Å². The largest absolute Gasteiger partial charge is 0.496 e. The molecule has 0 spiro atoms. The van der Waals surface area contributed by atoms with Gasteiger partial charge >= 0.3 is 0 Å². The quantitative estimate of drug-likeness (QED) is 0.916. The van der Waals surface area contributed by atoms with Gasteiger partial charge in [-0.05, 0) is 44.2 Å². The highest BCUT2D eigenvalue weighted by molar-refractivity contribution is 5.67. The van der Waals surface area contributed by atoms with Gasteiger partial charge in [0.2, 0.25) is 0 Å². The number of methoxy groups -OCH3 is 1. The molecule has 1 aromatic heterocycles. The van der Waals surface area contributed by atoms with Gasteiger partial charge in [-0.1, -0.05) is 0 Å². The summed E-state index contributed by atoms with van der Waals surface area (Å²) >= 11 is 0. The molecule has 0 saturated carbocycles. The summed E-state index contributed by atoms with van der Waals surface area (Å²) in [4.78, 5) is 4.46. The number of nitrogens with one attached hydrogen (secondary N) is 1. The third kappa shape index (κ3) is 2.36. The molecule has 0 atom stereocenters. The van der Waals surface area contributed by atoms with E-state index in [4.69, 9.17) is 4.74 Å². The number of rotatable bonds is 4.